The van der Waals surface area contributed by atoms with Crippen LogP contribution in [0.2, 0.25) is 0 Å². The van der Waals surface area contributed by atoms with Crippen LogP contribution in [-0.4, -0.2) is 21.8 Å². The van der Waals surface area contributed by atoms with Crippen LogP contribution in [0.25, 0.3) is 5.57 Å². The van der Waals surface area contributed by atoms with E-state index in [4.69, 9.17) is 5.11 Å². The van der Waals surface area contributed by atoms with Gasteiger partial charge in [-0.05, 0) is 48.8 Å². The van der Waals surface area contributed by atoms with Gasteiger partial charge in [0, 0.05) is 5.92 Å². The number of fused-ring (bicyclic) bond motifs is 2. The molecule has 2 N–H and O–H groups in total. The summed E-state index contributed by atoms with van der Waals surface area (Å²) >= 11 is 0. The molecule has 1 saturated carbocycles. The van der Waals surface area contributed by atoms with Gasteiger partial charge in [0.05, 0.1) is 12.0 Å². The molecular formula is C17H20O3. The van der Waals surface area contributed by atoms with Crippen molar-refractivity contribution in [2.45, 2.75) is 38.2 Å². The second-order valence-electron chi connectivity index (χ2n) is 6.20. The summed E-state index contributed by atoms with van der Waals surface area (Å²) in [5, 5.41) is 19.6. The van der Waals surface area contributed by atoms with E-state index in [1.807, 2.05) is 12.1 Å². The zero-order valence-corrected chi connectivity index (χ0v) is 11.7. The first-order chi connectivity index (χ1) is 9.49. The maximum atomic E-state index is 11.0. The predicted octanol–water partition coefficient (Wildman–Crippen LogP) is 3.01. The maximum absolute atomic E-state index is 11.0. The van der Waals surface area contributed by atoms with Gasteiger partial charge < -0.3 is 10.2 Å². The summed E-state index contributed by atoms with van der Waals surface area (Å²) in [7, 11) is 0. The Labute approximate surface area is 118 Å². The molecule has 3 aliphatic rings. The molecule has 0 heterocycles. The minimum Gasteiger partial charge on any atom is -0.481 e. The van der Waals surface area contributed by atoms with Crippen LogP contribution in [0.4, 0.5) is 0 Å². The van der Waals surface area contributed by atoms with Crippen LogP contribution in [0.5, 0.6) is 0 Å². The summed E-state index contributed by atoms with van der Waals surface area (Å²) in [6.45, 7) is 2.10. The molecule has 3 unspecified atom stereocenters. The summed E-state index contributed by atoms with van der Waals surface area (Å²) in [6.07, 6.45) is 4.50. The molecule has 0 aliphatic heterocycles. The van der Waals surface area contributed by atoms with E-state index in [1.165, 1.54) is 16.7 Å². The molecule has 3 nitrogen and oxygen atoms in total. The minimum absolute atomic E-state index is 0.0294. The van der Waals surface area contributed by atoms with Gasteiger partial charge in [-0.3, -0.25) is 4.79 Å². The Bertz CT molecular complexity index is 575. The van der Waals surface area contributed by atoms with E-state index < -0.39 is 11.6 Å². The van der Waals surface area contributed by atoms with Crippen molar-refractivity contribution < 1.29 is 15.0 Å². The number of benzene rings is 1. The second-order valence-corrected chi connectivity index (χ2v) is 6.20. The monoisotopic (exact) mass is 272 g/mol. The molecule has 0 amide bonds. The lowest BCUT2D eigenvalue weighted by atomic mass is 9.61. The lowest BCUT2D eigenvalue weighted by Crippen LogP contribution is -2.47. The van der Waals surface area contributed by atoms with E-state index in [0.29, 0.717) is 6.42 Å². The first-order valence-corrected chi connectivity index (χ1v) is 7.21. The van der Waals surface area contributed by atoms with Gasteiger partial charge in [0.15, 0.2) is 0 Å². The highest BCUT2D eigenvalue weighted by Crippen LogP contribution is 2.51. The Morgan fingerprint density at radius 2 is 2.10 bits per heavy atom. The molecule has 106 valence electrons. The van der Waals surface area contributed by atoms with Crippen LogP contribution in [0.15, 0.2) is 30.3 Å². The molecule has 2 bridgehead atoms. The number of hydrogen-bond acceptors (Lipinski definition) is 2. The second kappa shape index (κ2) is 4.74. The Hall–Kier alpha value is -1.61. The summed E-state index contributed by atoms with van der Waals surface area (Å²) in [4.78, 5) is 11.0. The van der Waals surface area contributed by atoms with Crippen molar-refractivity contribution in [3.63, 3.8) is 0 Å². The normalized spacial score (nSPS) is 32.0. The number of rotatable bonds is 3. The summed E-state index contributed by atoms with van der Waals surface area (Å²) in [5.41, 5.74) is 2.74. The van der Waals surface area contributed by atoms with Gasteiger partial charge in [0.1, 0.15) is 0 Å². The summed E-state index contributed by atoms with van der Waals surface area (Å²) in [6, 6.07) is 8.29. The van der Waals surface area contributed by atoms with E-state index in [1.54, 1.807) is 0 Å². The van der Waals surface area contributed by atoms with Crippen LogP contribution >= 0.6 is 0 Å². The predicted molar refractivity (Wildman–Crippen MR) is 77.2 cm³/mol. The molecule has 1 fully saturated rings. The van der Waals surface area contributed by atoms with Crippen LogP contribution in [-0.2, 0) is 4.79 Å². The fourth-order valence-corrected chi connectivity index (χ4v) is 3.86. The smallest absolute Gasteiger partial charge is 0.306 e. The van der Waals surface area contributed by atoms with E-state index in [0.717, 1.165) is 12.8 Å². The Balaban J connectivity index is 1.96. The Morgan fingerprint density at radius 3 is 2.70 bits per heavy atom. The van der Waals surface area contributed by atoms with E-state index in [2.05, 4.69) is 25.1 Å². The number of carbonyl (C=O) groups is 1. The number of carboxylic acid groups (broad SMARTS) is 1. The minimum atomic E-state index is -1.05. The van der Waals surface area contributed by atoms with Crippen molar-refractivity contribution in [2.24, 2.45) is 11.8 Å². The van der Waals surface area contributed by atoms with Crippen molar-refractivity contribution in [1.29, 1.82) is 0 Å². The molecular weight excluding hydrogens is 252 g/mol. The molecule has 3 heteroatoms. The number of carboxylic acids is 1. The van der Waals surface area contributed by atoms with Crippen molar-refractivity contribution in [1.82, 2.24) is 0 Å². The molecule has 4 rings (SSSR count). The first-order valence-electron chi connectivity index (χ1n) is 7.21. The third-order valence-corrected chi connectivity index (χ3v) is 4.85. The van der Waals surface area contributed by atoms with Crippen LogP contribution < -0.4 is 0 Å². The fourth-order valence-electron chi connectivity index (χ4n) is 3.86. The number of aliphatic carboxylic acids is 1. The number of aliphatic hydroxyl groups is 1. The molecule has 3 atom stereocenters. The highest BCUT2D eigenvalue weighted by Gasteiger charge is 2.47. The molecule has 20 heavy (non-hydrogen) atoms. The number of hydrogen-bond donors (Lipinski definition) is 2. The van der Waals surface area contributed by atoms with Crippen LogP contribution in [0.3, 0.4) is 0 Å². The standard InChI is InChI=1S/C17H20O3/c1-11-4-2-3-5-14(11)15-8-13-7-6-12(15)9-17(13,20)10-16(18)19/h2-5,8,12-13,20H,6-7,9-10H2,1H3,(H,18,19). The summed E-state index contributed by atoms with van der Waals surface area (Å²) in [5.74, 6) is -0.658. The van der Waals surface area contributed by atoms with Gasteiger partial charge in [-0.2, -0.15) is 0 Å². The van der Waals surface area contributed by atoms with Gasteiger partial charge in [-0.15, -0.1) is 0 Å². The highest BCUT2D eigenvalue weighted by atomic mass is 16.4. The van der Waals surface area contributed by atoms with Crippen molar-refractivity contribution in [2.75, 3.05) is 0 Å². The van der Waals surface area contributed by atoms with Gasteiger partial charge >= 0.3 is 5.97 Å². The van der Waals surface area contributed by atoms with Crippen molar-refractivity contribution >= 4 is 11.5 Å². The molecule has 3 aliphatic carbocycles. The fraction of sp³-hybridized carbons (Fsp3) is 0.471. The SMILES string of the molecule is Cc1ccccc1C1=CC2CCC1CC2(O)CC(=O)O. The van der Waals surface area contributed by atoms with Gasteiger partial charge in [-0.25, -0.2) is 0 Å². The van der Waals surface area contributed by atoms with Crippen molar-refractivity contribution in [3.8, 4) is 0 Å². The zero-order valence-electron chi connectivity index (χ0n) is 11.7. The lowest BCUT2D eigenvalue weighted by molar-refractivity contribution is -0.147. The van der Waals surface area contributed by atoms with Gasteiger partial charge in [0.2, 0.25) is 0 Å². The number of allylic oxidation sites excluding steroid dienone is 1. The van der Waals surface area contributed by atoms with E-state index in [9.17, 15) is 9.90 Å². The molecule has 0 spiro atoms. The molecule has 1 aromatic rings. The van der Waals surface area contributed by atoms with Gasteiger partial charge in [0.25, 0.3) is 0 Å². The number of aryl methyl sites for hydroxylation is 1. The molecule has 0 radical (unpaired) electrons. The lowest BCUT2D eigenvalue weighted by Gasteiger charge is -2.47. The Morgan fingerprint density at radius 1 is 1.35 bits per heavy atom. The zero-order chi connectivity index (χ0) is 14.3. The third kappa shape index (κ3) is 2.16. The van der Waals surface area contributed by atoms with Crippen LogP contribution in [0, 0.1) is 18.8 Å². The highest BCUT2D eigenvalue weighted by molar-refractivity contribution is 5.74. The topological polar surface area (TPSA) is 57.5 Å². The largest absolute Gasteiger partial charge is 0.481 e. The summed E-state index contributed by atoms with van der Waals surface area (Å²) < 4.78 is 0. The van der Waals surface area contributed by atoms with E-state index >= 15 is 0 Å². The molecule has 0 saturated heterocycles. The molecule has 1 aromatic carbocycles. The average molecular weight is 272 g/mol. The third-order valence-electron chi connectivity index (χ3n) is 4.85. The van der Waals surface area contributed by atoms with Crippen molar-refractivity contribution in [3.05, 3.63) is 41.5 Å². The first kappa shape index (κ1) is 13.4. The average Bonchev–Trinajstić information content (AvgIpc) is 2.38. The van der Waals surface area contributed by atoms with Crippen LogP contribution in [0.1, 0.15) is 36.8 Å². The maximum Gasteiger partial charge on any atom is 0.306 e. The van der Waals surface area contributed by atoms with E-state index in [-0.39, 0.29) is 18.3 Å². The molecule has 0 aromatic heterocycles. The Kier molecular flexibility index (Phi) is 3.17. The van der Waals surface area contributed by atoms with Gasteiger partial charge in [-0.1, -0.05) is 30.3 Å². The quantitative estimate of drug-likeness (QED) is 0.889.